The fraction of sp³-hybridized carbons (Fsp3) is 0.455. The maximum atomic E-state index is 13.8. The Labute approximate surface area is 292 Å². The normalized spacial score (nSPS) is 26.3. The highest BCUT2D eigenvalue weighted by molar-refractivity contribution is 6.31. The summed E-state index contributed by atoms with van der Waals surface area (Å²) >= 11 is 0. The van der Waals surface area contributed by atoms with E-state index < -0.39 is 138 Å². The van der Waals surface area contributed by atoms with Gasteiger partial charge in [0.05, 0.1) is 61.0 Å². The number of aliphatic hydroxyl groups excluding tert-OH is 2. The predicted molar refractivity (Wildman–Crippen MR) is 166 cm³/mol. The molecule has 0 amide bonds. The lowest BCUT2D eigenvalue weighted by Crippen LogP contribution is -2.55. The Kier molecular flexibility index (Phi) is 10.4. The van der Waals surface area contributed by atoms with Gasteiger partial charge in [-0.25, -0.2) is 4.79 Å². The second-order valence-corrected chi connectivity index (χ2v) is 12.8. The SMILES string of the molecule is COc1cccc2c1C(=O)c1c(O)c3c(c(O)c1C2=O)C[C@@](O)(C(=O)CO)C[C@@H]3OC1CC(NOC(=O)CC(O)(CC(=O)O)C(=O)O)C(O)C(C)O1. The Morgan fingerprint density at radius 2 is 1.71 bits per heavy atom. The number of carboxylic acid groups (broad SMARTS) is 2. The zero-order chi connectivity index (χ0) is 38.4. The molecule has 5 unspecified atom stereocenters. The summed E-state index contributed by atoms with van der Waals surface area (Å²) in [5, 5.41) is 83.2. The Balaban J connectivity index is 1.48. The van der Waals surface area contributed by atoms with Crippen molar-refractivity contribution in [3.8, 4) is 17.2 Å². The Morgan fingerprint density at radius 3 is 2.33 bits per heavy atom. The van der Waals surface area contributed by atoms with Crippen molar-refractivity contribution in [2.24, 2.45) is 0 Å². The summed E-state index contributed by atoms with van der Waals surface area (Å²) in [7, 11) is 1.26. The number of phenols is 2. The number of carbonyl (C=O) groups is 6. The molecule has 1 heterocycles. The zero-order valence-electron chi connectivity index (χ0n) is 27.5. The van der Waals surface area contributed by atoms with E-state index in [1.54, 1.807) is 0 Å². The number of aromatic hydroxyl groups is 2. The van der Waals surface area contributed by atoms with E-state index in [0.29, 0.717) is 0 Å². The number of methoxy groups -OCH3 is 1. The lowest BCUT2D eigenvalue weighted by atomic mass is 9.72. The number of Topliss-reactive ketones (excluding diaryl/α,β-unsaturated/α-hetero) is 1. The summed E-state index contributed by atoms with van der Waals surface area (Å²) in [5.74, 6) is -9.64. The highest BCUT2D eigenvalue weighted by Crippen LogP contribution is 2.52. The molecular formula is C33H35NO18. The number of benzene rings is 2. The van der Waals surface area contributed by atoms with Gasteiger partial charge in [0.1, 0.15) is 29.5 Å². The van der Waals surface area contributed by atoms with Crippen molar-refractivity contribution in [3.05, 3.63) is 51.6 Å². The van der Waals surface area contributed by atoms with Gasteiger partial charge in [0.25, 0.3) is 0 Å². The molecule has 0 radical (unpaired) electrons. The van der Waals surface area contributed by atoms with E-state index in [1.165, 1.54) is 32.2 Å². The number of carboxylic acids is 2. The first-order chi connectivity index (χ1) is 24.4. The topological polar surface area (TPSA) is 313 Å². The van der Waals surface area contributed by atoms with Gasteiger partial charge in [-0.15, -0.1) is 5.48 Å². The third kappa shape index (κ3) is 6.70. The quantitative estimate of drug-likeness (QED) is 0.0777. The molecule has 2 aromatic carbocycles. The molecule has 52 heavy (non-hydrogen) atoms. The van der Waals surface area contributed by atoms with Gasteiger partial charge in [-0.05, 0) is 13.0 Å². The van der Waals surface area contributed by atoms with Crippen molar-refractivity contribution in [2.45, 2.75) is 80.9 Å². The van der Waals surface area contributed by atoms with Gasteiger partial charge in [-0.3, -0.25) is 24.0 Å². The highest BCUT2D eigenvalue weighted by atomic mass is 16.7. The van der Waals surface area contributed by atoms with E-state index in [4.69, 9.17) is 24.2 Å². The average molecular weight is 734 g/mol. The number of hydroxylamine groups is 1. The molecule has 280 valence electrons. The minimum Gasteiger partial charge on any atom is -0.507 e. The van der Waals surface area contributed by atoms with Crippen molar-refractivity contribution in [2.75, 3.05) is 13.7 Å². The monoisotopic (exact) mass is 733 g/mol. The highest BCUT2D eigenvalue weighted by Gasteiger charge is 2.50. The van der Waals surface area contributed by atoms with Crippen LogP contribution in [0, 0.1) is 0 Å². The van der Waals surface area contributed by atoms with E-state index in [-0.39, 0.29) is 28.0 Å². The molecule has 7 atom stereocenters. The summed E-state index contributed by atoms with van der Waals surface area (Å²) in [5.41, 5.74) is -5.42. The lowest BCUT2D eigenvalue weighted by Gasteiger charge is -2.42. The van der Waals surface area contributed by atoms with E-state index in [1.807, 2.05) is 0 Å². The molecule has 1 saturated heterocycles. The third-order valence-electron chi connectivity index (χ3n) is 9.36. The Bertz CT molecular complexity index is 1860. The molecule has 19 heteroatoms. The second kappa shape index (κ2) is 14.2. The number of ketones is 3. The molecule has 5 rings (SSSR count). The summed E-state index contributed by atoms with van der Waals surface area (Å²) in [4.78, 5) is 80.0. The van der Waals surface area contributed by atoms with Crippen LogP contribution in [-0.4, -0.2) is 126 Å². The first kappa shape index (κ1) is 38.2. The van der Waals surface area contributed by atoms with Gasteiger partial charge in [-0.1, -0.05) is 12.1 Å². The number of aliphatic hydroxyl groups is 4. The van der Waals surface area contributed by atoms with Crippen molar-refractivity contribution in [1.82, 2.24) is 5.48 Å². The van der Waals surface area contributed by atoms with Crippen molar-refractivity contribution < 1.29 is 88.7 Å². The summed E-state index contributed by atoms with van der Waals surface area (Å²) in [6.45, 7) is 0.229. The molecule has 9 N–H and O–H groups in total. The van der Waals surface area contributed by atoms with Crippen LogP contribution in [0.2, 0.25) is 0 Å². The molecule has 19 nitrogen and oxygen atoms in total. The molecule has 2 aromatic rings. The van der Waals surface area contributed by atoms with Gasteiger partial charge in [-0.2, -0.15) is 0 Å². The van der Waals surface area contributed by atoms with Crippen LogP contribution in [0.5, 0.6) is 17.2 Å². The molecule has 1 fully saturated rings. The van der Waals surface area contributed by atoms with Crippen LogP contribution in [0.15, 0.2) is 18.2 Å². The van der Waals surface area contributed by atoms with Crippen molar-refractivity contribution in [1.29, 1.82) is 0 Å². The number of phenolic OH excluding ortho intramolecular Hbond substituents is 2. The van der Waals surface area contributed by atoms with Crippen LogP contribution in [0.25, 0.3) is 0 Å². The van der Waals surface area contributed by atoms with Crippen molar-refractivity contribution in [3.63, 3.8) is 0 Å². The minimum absolute atomic E-state index is 0.00532. The van der Waals surface area contributed by atoms with Crippen LogP contribution in [-0.2, 0) is 39.9 Å². The average Bonchev–Trinajstić information content (AvgIpc) is 3.08. The van der Waals surface area contributed by atoms with Crippen LogP contribution in [0.4, 0.5) is 0 Å². The van der Waals surface area contributed by atoms with Gasteiger partial charge < -0.3 is 59.9 Å². The van der Waals surface area contributed by atoms with Crippen molar-refractivity contribution >= 4 is 35.3 Å². The maximum absolute atomic E-state index is 13.8. The number of nitrogens with one attached hydrogen (secondary N) is 1. The summed E-state index contributed by atoms with van der Waals surface area (Å²) < 4.78 is 17.1. The number of hydrogen-bond donors (Lipinski definition) is 9. The third-order valence-corrected chi connectivity index (χ3v) is 9.36. The number of aliphatic carboxylic acids is 2. The number of hydrogen-bond acceptors (Lipinski definition) is 17. The van der Waals surface area contributed by atoms with Gasteiger partial charge in [0, 0.05) is 36.0 Å². The molecule has 1 aliphatic heterocycles. The summed E-state index contributed by atoms with van der Waals surface area (Å²) in [6.07, 6.45) is -9.97. The van der Waals surface area contributed by atoms with E-state index in [0.717, 1.165) is 0 Å². The zero-order valence-corrected chi connectivity index (χ0v) is 27.5. The molecular weight excluding hydrogens is 698 g/mol. The molecule has 0 aromatic heterocycles. The number of rotatable bonds is 12. The summed E-state index contributed by atoms with van der Waals surface area (Å²) in [6, 6.07) is 2.92. The molecule has 2 aliphatic carbocycles. The number of fused-ring (bicyclic) bond motifs is 3. The van der Waals surface area contributed by atoms with E-state index >= 15 is 0 Å². The Morgan fingerprint density at radius 1 is 1.04 bits per heavy atom. The fourth-order valence-corrected chi connectivity index (χ4v) is 6.71. The van der Waals surface area contributed by atoms with Crippen LogP contribution < -0.4 is 10.2 Å². The fourth-order valence-electron chi connectivity index (χ4n) is 6.71. The largest absolute Gasteiger partial charge is 0.507 e. The number of carbonyl (C=O) groups excluding carboxylic acids is 4. The predicted octanol–water partition coefficient (Wildman–Crippen LogP) is -1.23. The van der Waals surface area contributed by atoms with E-state index in [9.17, 15) is 64.5 Å². The molecule has 3 aliphatic rings. The Hall–Kier alpha value is -5.02. The first-order valence-electron chi connectivity index (χ1n) is 15.7. The van der Waals surface area contributed by atoms with Gasteiger partial charge >= 0.3 is 17.9 Å². The standard InChI is InChI=1S/C33H35NO18/c1-12-26(40)15(34-52-20(39)10-33(48,31(45)46)9-19(37)38)6-21(50-12)51-17-8-32(47,18(36)11-35)7-14-23(17)30(44)25-24(28(14)42)27(41)13-4-3-5-16(49-2)22(13)29(25)43/h3-5,12,15,17,21,26,34-35,40,42,44,47-48H,6-11H2,1-2H3,(H,37,38)(H,45,46)/t12?,15?,17-,21?,26?,32-,33?/m0/s1. The van der Waals surface area contributed by atoms with E-state index in [2.05, 4.69) is 5.48 Å². The minimum atomic E-state index is -3.01. The maximum Gasteiger partial charge on any atom is 0.336 e. The second-order valence-electron chi connectivity index (χ2n) is 12.8. The van der Waals surface area contributed by atoms with Gasteiger partial charge in [0.15, 0.2) is 23.5 Å². The molecule has 0 saturated carbocycles. The lowest BCUT2D eigenvalue weighted by molar-refractivity contribution is -0.257. The molecule has 0 spiro atoms. The smallest absolute Gasteiger partial charge is 0.336 e. The molecule has 0 bridgehead atoms. The first-order valence-corrected chi connectivity index (χ1v) is 15.7. The van der Waals surface area contributed by atoms with Crippen LogP contribution in [0.3, 0.4) is 0 Å². The van der Waals surface area contributed by atoms with Gasteiger partial charge in [0.2, 0.25) is 5.78 Å². The van der Waals surface area contributed by atoms with Crippen LogP contribution >= 0.6 is 0 Å². The number of ether oxygens (including phenoxy) is 3. The van der Waals surface area contributed by atoms with Crippen LogP contribution in [0.1, 0.15) is 81.7 Å².